The summed E-state index contributed by atoms with van der Waals surface area (Å²) in [5, 5.41) is 10.9. The van der Waals surface area contributed by atoms with Gasteiger partial charge in [0.2, 0.25) is 0 Å². The minimum Gasteiger partial charge on any atom is -0.356 e. The first-order valence-electron chi connectivity index (χ1n) is 7.10. The maximum Gasteiger partial charge on any atom is 0.276 e. The molecule has 5 heteroatoms. The van der Waals surface area contributed by atoms with Gasteiger partial charge in [0.25, 0.3) is 5.91 Å². The molecule has 0 atom stereocenters. The van der Waals surface area contributed by atoms with Crippen LogP contribution in [0.4, 0.5) is 11.5 Å². The third kappa shape index (κ3) is 3.78. The molecule has 110 valence electrons. The zero-order valence-corrected chi connectivity index (χ0v) is 12.6. The highest BCUT2D eigenvalue weighted by Crippen LogP contribution is 2.12. The number of rotatable bonds is 5. The molecule has 5 nitrogen and oxygen atoms in total. The van der Waals surface area contributed by atoms with Crippen LogP contribution in [0.15, 0.2) is 36.4 Å². The van der Waals surface area contributed by atoms with Crippen LogP contribution in [0.25, 0.3) is 0 Å². The van der Waals surface area contributed by atoms with Gasteiger partial charge in [0, 0.05) is 18.8 Å². The number of carbonyl (C=O) groups excluding carboxylic acids is 1. The molecule has 2 aromatic rings. The highest BCUT2D eigenvalue weighted by atomic mass is 16.1. The number of hydrogen-bond acceptors (Lipinski definition) is 4. The van der Waals surface area contributed by atoms with E-state index in [0.717, 1.165) is 30.2 Å². The average molecular weight is 284 g/mol. The van der Waals surface area contributed by atoms with Crippen molar-refractivity contribution in [2.24, 2.45) is 0 Å². The van der Waals surface area contributed by atoms with Crippen LogP contribution in [-0.2, 0) is 0 Å². The maximum atomic E-state index is 12.1. The minimum absolute atomic E-state index is 0.252. The molecule has 1 N–H and O–H groups in total. The number of hydrogen-bond donors (Lipinski definition) is 1. The first-order chi connectivity index (χ1) is 10.1. The molecule has 0 unspecified atom stereocenters. The molecule has 1 amide bonds. The number of amides is 1. The fourth-order valence-corrected chi connectivity index (χ4v) is 1.99. The number of nitrogens with zero attached hydrogens (tertiary/aromatic N) is 3. The summed E-state index contributed by atoms with van der Waals surface area (Å²) in [5.41, 5.74) is 2.21. The van der Waals surface area contributed by atoms with Gasteiger partial charge in [-0.2, -0.15) is 0 Å². The van der Waals surface area contributed by atoms with Crippen LogP contribution in [0, 0.1) is 6.92 Å². The standard InChI is InChI=1S/C16H20N4O/c1-4-20(5-2)15-11-10-14(18-19-15)16(21)17-13-8-6-12(3)7-9-13/h6-11H,4-5H2,1-3H3,(H,17,21). The van der Waals surface area contributed by atoms with Crippen LogP contribution in [0.1, 0.15) is 29.9 Å². The van der Waals surface area contributed by atoms with Crippen molar-refractivity contribution in [1.82, 2.24) is 10.2 Å². The van der Waals surface area contributed by atoms with E-state index in [2.05, 4.69) is 34.3 Å². The van der Waals surface area contributed by atoms with Crippen molar-refractivity contribution in [3.8, 4) is 0 Å². The molecule has 1 aromatic heterocycles. The third-order valence-corrected chi connectivity index (χ3v) is 3.28. The molecule has 0 aliphatic carbocycles. The predicted octanol–water partition coefficient (Wildman–Crippen LogP) is 2.88. The third-order valence-electron chi connectivity index (χ3n) is 3.28. The van der Waals surface area contributed by atoms with E-state index >= 15 is 0 Å². The van der Waals surface area contributed by atoms with Gasteiger partial charge in [-0.1, -0.05) is 17.7 Å². The summed E-state index contributed by atoms with van der Waals surface area (Å²) in [4.78, 5) is 14.2. The first-order valence-corrected chi connectivity index (χ1v) is 7.10. The van der Waals surface area contributed by atoms with Gasteiger partial charge in [-0.15, -0.1) is 10.2 Å². The highest BCUT2D eigenvalue weighted by molar-refractivity contribution is 6.02. The SMILES string of the molecule is CCN(CC)c1ccc(C(=O)Nc2ccc(C)cc2)nn1. The van der Waals surface area contributed by atoms with Gasteiger partial charge in [0.05, 0.1) is 0 Å². The second-order valence-electron chi connectivity index (χ2n) is 4.77. The zero-order valence-electron chi connectivity index (χ0n) is 12.6. The van der Waals surface area contributed by atoms with Gasteiger partial charge in [-0.3, -0.25) is 4.79 Å². The molecular weight excluding hydrogens is 264 g/mol. The van der Waals surface area contributed by atoms with Crippen LogP contribution in [0.2, 0.25) is 0 Å². The largest absolute Gasteiger partial charge is 0.356 e. The van der Waals surface area contributed by atoms with Crippen molar-refractivity contribution in [2.75, 3.05) is 23.3 Å². The van der Waals surface area contributed by atoms with Gasteiger partial charge >= 0.3 is 0 Å². The average Bonchev–Trinajstić information content (AvgIpc) is 2.51. The second-order valence-corrected chi connectivity index (χ2v) is 4.77. The van der Waals surface area contributed by atoms with Gasteiger partial charge in [0.15, 0.2) is 11.5 Å². The summed E-state index contributed by atoms with van der Waals surface area (Å²) in [5.74, 6) is 0.532. The van der Waals surface area contributed by atoms with E-state index in [0.29, 0.717) is 5.69 Å². The number of carbonyl (C=O) groups is 1. The summed E-state index contributed by atoms with van der Waals surface area (Å²) in [6.45, 7) is 7.84. The molecule has 0 bridgehead atoms. The van der Waals surface area contributed by atoms with E-state index in [4.69, 9.17) is 0 Å². The van der Waals surface area contributed by atoms with Gasteiger partial charge in [-0.05, 0) is 45.0 Å². The monoisotopic (exact) mass is 284 g/mol. The molecule has 0 saturated heterocycles. The molecule has 0 fully saturated rings. The van der Waals surface area contributed by atoms with Crippen molar-refractivity contribution in [3.63, 3.8) is 0 Å². The Labute approximate surface area is 125 Å². The number of aromatic nitrogens is 2. The van der Waals surface area contributed by atoms with Crippen LogP contribution >= 0.6 is 0 Å². The van der Waals surface area contributed by atoms with Crippen LogP contribution in [-0.4, -0.2) is 29.2 Å². The molecule has 1 heterocycles. The summed E-state index contributed by atoms with van der Waals surface area (Å²) in [6, 6.07) is 11.2. The van der Waals surface area contributed by atoms with Crippen LogP contribution < -0.4 is 10.2 Å². The molecule has 0 radical (unpaired) electrons. The molecular formula is C16H20N4O. The lowest BCUT2D eigenvalue weighted by molar-refractivity contribution is 0.102. The normalized spacial score (nSPS) is 10.2. The lowest BCUT2D eigenvalue weighted by Crippen LogP contribution is -2.24. The van der Waals surface area contributed by atoms with Crippen molar-refractivity contribution >= 4 is 17.4 Å². The lowest BCUT2D eigenvalue weighted by Gasteiger charge is -2.18. The number of benzene rings is 1. The van der Waals surface area contributed by atoms with Crippen molar-refractivity contribution in [1.29, 1.82) is 0 Å². The van der Waals surface area contributed by atoms with E-state index < -0.39 is 0 Å². The van der Waals surface area contributed by atoms with Gasteiger partial charge < -0.3 is 10.2 Å². The maximum absolute atomic E-state index is 12.1. The molecule has 0 aliphatic rings. The zero-order chi connectivity index (χ0) is 15.2. The molecule has 0 spiro atoms. The van der Waals surface area contributed by atoms with Crippen molar-refractivity contribution in [3.05, 3.63) is 47.7 Å². The number of aryl methyl sites for hydroxylation is 1. The van der Waals surface area contributed by atoms with Crippen molar-refractivity contribution < 1.29 is 4.79 Å². The predicted molar refractivity (Wildman–Crippen MR) is 84.7 cm³/mol. The van der Waals surface area contributed by atoms with Gasteiger partial charge in [0.1, 0.15) is 0 Å². The summed E-state index contributed by atoms with van der Waals surface area (Å²) >= 11 is 0. The molecule has 0 saturated carbocycles. The number of nitrogens with one attached hydrogen (secondary N) is 1. The lowest BCUT2D eigenvalue weighted by atomic mass is 10.2. The summed E-state index contributed by atoms with van der Waals surface area (Å²) < 4.78 is 0. The van der Waals surface area contributed by atoms with E-state index in [1.807, 2.05) is 37.3 Å². The topological polar surface area (TPSA) is 58.1 Å². The van der Waals surface area contributed by atoms with Crippen LogP contribution in [0.3, 0.4) is 0 Å². The fraction of sp³-hybridized carbons (Fsp3) is 0.312. The molecule has 2 rings (SSSR count). The van der Waals surface area contributed by atoms with Crippen LogP contribution in [0.5, 0.6) is 0 Å². The van der Waals surface area contributed by atoms with E-state index in [-0.39, 0.29) is 5.91 Å². The molecule has 0 aliphatic heterocycles. The Morgan fingerprint density at radius 3 is 2.24 bits per heavy atom. The van der Waals surface area contributed by atoms with E-state index in [9.17, 15) is 4.79 Å². The Balaban J connectivity index is 2.07. The molecule has 21 heavy (non-hydrogen) atoms. The highest BCUT2D eigenvalue weighted by Gasteiger charge is 2.10. The smallest absolute Gasteiger partial charge is 0.276 e. The summed E-state index contributed by atoms with van der Waals surface area (Å²) in [7, 11) is 0. The minimum atomic E-state index is -0.252. The fourth-order valence-electron chi connectivity index (χ4n) is 1.99. The Morgan fingerprint density at radius 2 is 1.71 bits per heavy atom. The Bertz CT molecular complexity index is 589. The van der Waals surface area contributed by atoms with Crippen molar-refractivity contribution in [2.45, 2.75) is 20.8 Å². The quantitative estimate of drug-likeness (QED) is 0.917. The van der Waals surface area contributed by atoms with E-state index in [1.54, 1.807) is 6.07 Å². The summed E-state index contributed by atoms with van der Waals surface area (Å²) in [6.07, 6.45) is 0. The first kappa shape index (κ1) is 15.0. The Hall–Kier alpha value is -2.43. The van der Waals surface area contributed by atoms with E-state index in [1.165, 1.54) is 0 Å². The number of anilines is 2. The van der Waals surface area contributed by atoms with Gasteiger partial charge in [-0.25, -0.2) is 0 Å². The second kappa shape index (κ2) is 6.83. The Kier molecular flexibility index (Phi) is 4.87. The Morgan fingerprint density at radius 1 is 1.05 bits per heavy atom. The molecule has 1 aromatic carbocycles.